The Bertz CT molecular complexity index is 545. The fraction of sp³-hybridized carbons (Fsp3) is 0.273. The van der Waals surface area contributed by atoms with Gasteiger partial charge in [-0.15, -0.1) is 10.2 Å². The van der Waals surface area contributed by atoms with Crippen LogP contribution in [-0.2, 0) is 0 Å². The largest absolute Gasteiger partial charge is 0.389 e. The topological polar surface area (TPSA) is 46.0 Å². The molecule has 1 aromatic heterocycles. The number of aliphatic hydroxyl groups is 1. The minimum Gasteiger partial charge on any atom is -0.389 e. The average Bonchev–Trinajstić information content (AvgIpc) is 2.79. The SMILES string of the molecule is CSc1nnc(Sc2ccc([C@@H](C)O)cc2F)s1. The highest BCUT2D eigenvalue weighted by atomic mass is 32.2. The smallest absolute Gasteiger partial charge is 0.179 e. The quantitative estimate of drug-likeness (QED) is 0.874. The Labute approximate surface area is 117 Å². The van der Waals surface area contributed by atoms with E-state index in [4.69, 9.17) is 0 Å². The van der Waals surface area contributed by atoms with Gasteiger partial charge in [-0.25, -0.2) is 4.39 Å². The van der Waals surface area contributed by atoms with Crippen LogP contribution < -0.4 is 0 Å². The van der Waals surface area contributed by atoms with E-state index in [2.05, 4.69) is 10.2 Å². The number of hydrogen-bond donors (Lipinski definition) is 1. The summed E-state index contributed by atoms with van der Waals surface area (Å²) in [7, 11) is 0. The van der Waals surface area contributed by atoms with Crippen LogP contribution in [-0.4, -0.2) is 21.6 Å². The molecule has 0 aliphatic carbocycles. The third-order valence-electron chi connectivity index (χ3n) is 2.20. The van der Waals surface area contributed by atoms with Crippen LogP contribution in [0.4, 0.5) is 4.39 Å². The number of halogens is 1. The van der Waals surface area contributed by atoms with Gasteiger partial charge in [-0.3, -0.25) is 0 Å². The third-order valence-corrected chi connectivity index (χ3v) is 5.20. The van der Waals surface area contributed by atoms with Crippen molar-refractivity contribution in [3.8, 4) is 0 Å². The van der Waals surface area contributed by atoms with Crippen molar-refractivity contribution < 1.29 is 9.50 Å². The standard InChI is InChI=1S/C11H11FN2OS3/c1-6(15)7-3-4-9(8(12)5-7)17-11-14-13-10(16-2)18-11/h3-6,15H,1-2H3/t6-/m1/s1. The second-order valence-electron chi connectivity index (χ2n) is 3.51. The maximum absolute atomic E-state index is 13.8. The Morgan fingerprint density at radius 1 is 1.33 bits per heavy atom. The summed E-state index contributed by atoms with van der Waals surface area (Å²) in [6, 6.07) is 4.72. The maximum Gasteiger partial charge on any atom is 0.179 e. The Morgan fingerprint density at radius 3 is 2.61 bits per heavy atom. The minimum absolute atomic E-state index is 0.348. The molecular weight excluding hydrogens is 291 g/mol. The van der Waals surface area contributed by atoms with Gasteiger partial charge in [0.25, 0.3) is 0 Å². The molecule has 1 aromatic carbocycles. The normalized spacial score (nSPS) is 12.7. The summed E-state index contributed by atoms with van der Waals surface area (Å²) >= 11 is 4.20. The predicted octanol–water partition coefficient (Wildman–Crippen LogP) is 3.60. The first kappa shape index (κ1) is 13.8. The molecule has 3 nitrogen and oxygen atoms in total. The van der Waals surface area contributed by atoms with Gasteiger partial charge < -0.3 is 5.11 Å². The van der Waals surface area contributed by atoms with E-state index >= 15 is 0 Å². The fourth-order valence-corrected chi connectivity index (χ4v) is 3.67. The Hall–Kier alpha value is -0.630. The summed E-state index contributed by atoms with van der Waals surface area (Å²) in [5.74, 6) is -0.348. The molecule has 0 unspecified atom stereocenters. The summed E-state index contributed by atoms with van der Waals surface area (Å²) < 4.78 is 15.4. The number of benzene rings is 1. The second kappa shape index (κ2) is 6.01. The molecule has 0 aliphatic rings. The van der Waals surface area contributed by atoms with Crippen molar-refractivity contribution in [2.24, 2.45) is 0 Å². The van der Waals surface area contributed by atoms with E-state index in [1.54, 1.807) is 19.1 Å². The first-order valence-electron chi connectivity index (χ1n) is 5.13. The van der Waals surface area contributed by atoms with E-state index in [1.165, 1.54) is 40.9 Å². The molecule has 1 N–H and O–H groups in total. The van der Waals surface area contributed by atoms with E-state index in [-0.39, 0.29) is 5.82 Å². The number of aliphatic hydroxyl groups excluding tert-OH is 1. The molecule has 1 atom stereocenters. The molecule has 2 rings (SSSR count). The molecule has 0 saturated carbocycles. The zero-order valence-electron chi connectivity index (χ0n) is 9.75. The van der Waals surface area contributed by atoms with Gasteiger partial charge >= 0.3 is 0 Å². The number of thioether (sulfide) groups is 1. The van der Waals surface area contributed by atoms with Gasteiger partial charge in [-0.1, -0.05) is 40.9 Å². The van der Waals surface area contributed by atoms with Crippen molar-refractivity contribution in [1.82, 2.24) is 10.2 Å². The van der Waals surface area contributed by atoms with E-state index in [0.29, 0.717) is 14.8 Å². The van der Waals surface area contributed by atoms with Crippen molar-refractivity contribution in [2.75, 3.05) is 6.26 Å². The van der Waals surface area contributed by atoms with Gasteiger partial charge in [0, 0.05) is 0 Å². The zero-order chi connectivity index (χ0) is 13.1. The monoisotopic (exact) mass is 302 g/mol. The van der Waals surface area contributed by atoms with Gasteiger partial charge in [0.05, 0.1) is 11.0 Å². The highest BCUT2D eigenvalue weighted by Gasteiger charge is 2.11. The molecule has 0 amide bonds. The lowest BCUT2D eigenvalue weighted by Crippen LogP contribution is -1.92. The second-order valence-corrected chi connectivity index (χ2v) is 6.83. The molecule has 0 spiro atoms. The number of hydrogen-bond acceptors (Lipinski definition) is 6. The van der Waals surface area contributed by atoms with Gasteiger partial charge in [0.1, 0.15) is 5.82 Å². The molecule has 0 saturated heterocycles. The van der Waals surface area contributed by atoms with Gasteiger partial charge in [0.15, 0.2) is 8.68 Å². The number of aromatic nitrogens is 2. The number of nitrogens with zero attached hydrogens (tertiary/aromatic N) is 2. The summed E-state index contributed by atoms with van der Waals surface area (Å²) in [5.41, 5.74) is 0.568. The van der Waals surface area contributed by atoms with E-state index in [1.807, 2.05) is 6.26 Å². The van der Waals surface area contributed by atoms with Crippen LogP contribution in [0.25, 0.3) is 0 Å². The van der Waals surface area contributed by atoms with Crippen molar-refractivity contribution in [3.63, 3.8) is 0 Å². The molecule has 96 valence electrons. The first-order valence-corrected chi connectivity index (χ1v) is 7.99. The van der Waals surface area contributed by atoms with Crippen LogP contribution in [0, 0.1) is 5.82 Å². The molecule has 0 bridgehead atoms. The molecule has 0 aliphatic heterocycles. The molecular formula is C11H11FN2OS3. The van der Waals surface area contributed by atoms with E-state index in [0.717, 1.165) is 4.34 Å². The maximum atomic E-state index is 13.8. The van der Waals surface area contributed by atoms with Crippen LogP contribution in [0.5, 0.6) is 0 Å². The minimum atomic E-state index is -0.664. The Balaban J connectivity index is 2.19. The molecule has 0 fully saturated rings. The summed E-state index contributed by atoms with van der Waals surface area (Å²) in [5, 5.41) is 17.3. The van der Waals surface area contributed by atoms with E-state index < -0.39 is 6.10 Å². The molecule has 2 aromatic rings. The van der Waals surface area contributed by atoms with Crippen molar-refractivity contribution in [1.29, 1.82) is 0 Å². The van der Waals surface area contributed by atoms with Gasteiger partial charge in [-0.05, 0) is 30.9 Å². The van der Waals surface area contributed by atoms with E-state index in [9.17, 15) is 9.50 Å². The molecule has 18 heavy (non-hydrogen) atoms. The highest BCUT2D eigenvalue weighted by Crippen LogP contribution is 2.34. The third kappa shape index (κ3) is 3.23. The summed E-state index contributed by atoms with van der Waals surface area (Å²) in [6.45, 7) is 1.61. The first-order chi connectivity index (χ1) is 8.60. The van der Waals surface area contributed by atoms with Crippen molar-refractivity contribution in [3.05, 3.63) is 29.6 Å². The zero-order valence-corrected chi connectivity index (χ0v) is 12.2. The van der Waals surface area contributed by atoms with Crippen LogP contribution in [0.3, 0.4) is 0 Å². The highest BCUT2D eigenvalue weighted by molar-refractivity contribution is 8.03. The summed E-state index contributed by atoms with van der Waals surface area (Å²) in [6.07, 6.45) is 1.26. The Kier molecular flexibility index (Phi) is 4.60. The van der Waals surface area contributed by atoms with Gasteiger partial charge in [0.2, 0.25) is 0 Å². The molecule has 1 heterocycles. The van der Waals surface area contributed by atoms with Crippen LogP contribution in [0.1, 0.15) is 18.6 Å². The lowest BCUT2D eigenvalue weighted by atomic mass is 10.1. The fourth-order valence-electron chi connectivity index (χ4n) is 1.27. The molecule has 0 radical (unpaired) electrons. The summed E-state index contributed by atoms with van der Waals surface area (Å²) in [4.78, 5) is 0.489. The Morgan fingerprint density at radius 2 is 2.06 bits per heavy atom. The number of rotatable bonds is 4. The lowest BCUT2D eigenvalue weighted by Gasteiger charge is -2.06. The van der Waals surface area contributed by atoms with Crippen LogP contribution >= 0.6 is 34.9 Å². The molecule has 7 heteroatoms. The van der Waals surface area contributed by atoms with Crippen molar-refractivity contribution in [2.45, 2.75) is 26.6 Å². The van der Waals surface area contributed by atoms with Crippen LogP contribution in [0.2, 0.25) is 0 Å². The average molecular weight is 302 g/mol. The van der Waals surface area contributed by atoms with Crippen LogP contribution in [0.15, 0.2) is 31.8 Å². The van der Waals surface area contributed by atoms with Gasteiger partial charge in [-0.2, -0.15) is 0 Å². The van der Waals surface area contributed by atoms with Crippen molar-refractivity contribution >= 4 is 34.9 Å². The lowest BCUT2D eigenvalue weighted by molar-refractivity contribution is 0.198. The predicted molar refractivity (Wildman–Crippen MR) is 72.8 cm³/mol.